The van der Waals surface area contributed by atoms with Crippen molar-refractivity contribution >= 4 is 23.2 Å². The molecule has 0 spiro atoms. The molecule has 2 aliphatic rings. The molecule has 1 saturated heterocycles. The highest BCUT2D eigenvalue weighted by molar-refractivity contribution is 6.40. The van der Waals surface area contributed by atoms with Gasteiger partial charge in [0.1, 0.15) is 5.71 Å². The number of hydrogen-bond donors (Lipinski definition) is 0. The highest BCUT2D eigenvalue weighted by atomic mass is 16.5. The maximum Gasteiger partial charge on any atom is 0.270 e. The largest absolute Gasteiger partial charge is 0.339 e. The first-order chi connectivity index (χ1) is 13.9. The number of carbonyl (C=O) groups is 2. The van der Waals surface area contributed by atoms with E-state index in [4.69, 9.17) is 4.52 Å². The number of hydrazone groups is 1. The van der Waals surface area contributed by atoms with Crippen LogP contribution in [0.3, 0.4) is 0 Å². The van der Waals surface area contributed by atoms with E-state index in [2.05, 4.69) is 15.2 Å². The van der Waals surface area contributed by atoms with Gasteiger partial charge in [0.25, 0.3) is 5.91 Å². The van der Waals surface area contributed by atoms with E-state index in [1.807, 2.05) is 36.9 Å². The molecule has 0 saturated carbocycles. The monoisotopic (exact) mass is 395 g/mol. The number of hydrogen-bond acceptors (Lipinski definition) is 6. The standard InChI is InChI=1S/C21H25N5O3/c1-13-4-5-14(2)18(12-13)26-19(27)7-6-17(23-26)21(28)25-10-8-16(9-11-25)20-22-15(3)24-29-20/h4-5,12,16H,6-11H2,1-3H3. The maximum atomic E-state index is 13.0. The summed E-state index contributed by atoms with van der Waals surface area (Å²) in [5.41, 5.74) is 3.19. The molecule has 0 aliphatic carbocycles. The van der Waals surface area contributed by atoms with Gasteiger partial charge in [-0.3, -0.25) is 9.59 Å². The van der Waals surface area contributed by atoms with Crippen LogP contribution in [-0.2, 0) is 9.59 Å². The number of aryl methyl sites for hydroxylation is 3. The normalized spacial score (nSPS) is 18.2. The highest BCUT2D eigenvalue weighted by Gasteiger charge is 2.32. The number of amides is 2. The van der Waals surface area contributed by atoms with Gasteiger partial charge in [-0.25, -0.2) is 5.01 Å². The van der Waals surface area contributed by atoms with Crippen LogP contribution in [0, 0.1) is 20.8 Å². The number of rotatable bonds is 3. The summed E-state index contributed by atoms with van der Waals surface area (Å²) in [5.74, 6) is 1.29. The van der Waals surface area contributed by atoms with Crippen molar-refractivity contribution in [3.63, 3.8) is 0 Å². The molecule has 8 heteroatoms. The van der Waals surface area contributed by atoms with Gasteiger partial charge in [-0.05, 0) is 50.8 Å². The number of anilines is 1. The zero-order valence-electron chi connectivity index (χ0n) is 17.0. The summed E-state index contributed by atoms with van der Waals surface area (Å²) in [5, 5.41) is 9.71. The van der Waals surface area contributed by atoms with Crippen molar-refractivity contribution in [1.29, 1.82) is 0 Å². The number of piperidine rings is 1. The molecule has 0 N–H and O–H groups in total. The van der Waals surface area contributed by atoms with Crippen LogP contribution in [0.15, 0.2) is 27.8 Å². The zero-order chi connectivity index (χ0) is 20.5. The van der Waals surface area contributed by atoms with Gasteiger partial charge in [0.05, 0.1) is 5.69 Å². The van der Waals surface area contributed by atoms with Crippen LogP contribution in [0.1, 0.15) is 54.4 Å². The molecule has 0 atom stereocenters. The van der Waals surface area contributed by atoms with Crippen molar-refractivity contribution in [3.8, 4) is 0 Å². The Morgan fingerprint density at radius 2 is 1.90 bits per heavy atom. The van der Waals surface area contributed by atoms with Gasteiger partial charge in [-0.1, -0.05) is 17.3 Å². The minimum atomic E-state index is -0.0898. The third-order valence-electron chi connectivity index (χ3n) is 5.55. The molecule has 1 fully saturated rings. The van der Waals surface area contributed by atoms with Gasteiger partial charge < -0.3 is 9.42 Å². The molecule has 8 nitrogen and oxygen atoms in total. The van der Waals surface area contributed by atoms with E-state index in [-0.39, 0.29) is 24.2 Å². The molecule has 1 aromatic carbocycles. The van der Waals surface area contributed by atoms with Gasteiger partial charge in [0.2, 0.25) is 11.8 Å². The fourth-order valence-electron chi connectivity index (χ4n) is 3.83. The van der Waals surface area contributed by atoms with E-state index >= 15 is 0 Å². The number of benzene rings is 1. The first-order valence-electron chi connectivity index (χ1n) is 9.99. The van der Waals surface area contributed by atoms with Crippen LogP contribution in [-0.4, -0.2) is 45.7 Å². The van der Waals surface area contributed by atoms with E-state index in [1.54, 1.807) is 6.92 Å². The molecule has 4 rings (SSSR count). The van der Waals surface area contributed by atoms with Crippen molar-refractivity contribution in [3.05, 3.63) is 41.0 Å². The quantitative estimate of drug-likeness (QED) is 0.797. The average molecular weight is 395 g/mol. The Hall–Kier alpha value is -3.03. The fraction of sp³-hybridized carbons (Fsp3) is 0.476. The summed E-state index contributed by atoms with van der Waals surface area (Å²) in [6.45, 7) is 6.94. The first kappa shape index (κ1) is 19.3. The summed E-state index contributed by atoms with van der Waals surface area (Å²) in [6.07, 6.45) is 2.22. The van der Waals surface area contributed by atoms with Crippen LogP contribution in [0.2, 0.25) is 0 Å². The summed E-state index contributed by atoms with van der Waals surface area (Å²) in [4.78, 5) is 31.6. The molecule has 0 bridgehead atoms. The van der Waals surface area contributed by atoms with Crippen LogP contribution < -0.4 is 5.01 Å². The van der Waals surface area contributed by atoms with E-state index < -0.39 is 0 Å². The van der Waals surface area contributed by atoms with Crippen LogP contribution >= 0.6 is 0 Å². The first-order valence-corrected chi connectivity index (χ1v) is 9.99. The minimum absolute atomic E-state index is 0.0827. The molecule has 2 amide bonds. The molecular weight excluding hydrogens is 370 g/mol. The average Bonchev–Trinajstić information content (AvgIpc) is 3.16. The van der Waals surface area contributed by atoms with E-state index in [0.29, 0.717) is 36.9 Å². The van der Waals surface area contributed by atoms with Gasteiger partial charge in [-0.15, -0.1) is 0 Å². The second kappa shape index (κ2) is 7.77. The molecule has 29 heavy (non-hydrogen) atoms. The lowest BCUT2D eigenvalue weighted by Gasteiger charge is -2.32. The van der Waals surface area contributed by atoms with Gasteiger partial charge >= 0.3 is 0 Å². The molecule has 2 aliphatic heterocycles. The van der Waals surface area contributed by atoms with Gasteiger partial charge in [0.15, 0.2) is 5.82 Å². The summed E-state index contributed by atoms with van der Waals surface area (Å²) < 4.78 is 5.28. The number of nitrogens with zero attached hydrogens (tertiary/aromatic N) is 5. The fourth-order valence-corrected chi connectivity index (χ4v) is 3.83. The van der Waals surface area contributed by atoms with Crippen molar-refractivity contribution in [2.24, 2.45) is 5.10 Å². The second-order valence-electron chi connectivity index (χ2n) is 7.79. The molecule has 2 aromatic rings. The molecule has 3 heterocycles. The third kappa shape index (κ3) is 3.92. The summed E-state index contributed by atoms with van der Waals surface area (Å²) in [7, 11) is 0. The van der Waals surface area contributed by atoms with Crippen LogP contribution in [0.25, 0.3) is 0 Å². The molecule has 1 aromatic heterocycles. The predicted octanol–water partition coefficient (Wildman–Crippen LogP) is 2.88. The number of likely N-dealkylation sites (tertiary alicyclic amines) is 1. The minimum Gasteiger partial charge on any atom is -0.339 e. The zero-order valence-corrected chi connectivity index (χ0v) is 17.0. The molecule has 152 valence electrons. The lowest BCUT2D eigenvalue weighted by atomic mass is 9.96. The van der Waals surface area contributed by atoms with Crippen molar-refractivity contribution < 1.29 is 14.1 Å². The maximum absolute atomic E-state index is 13.0. The SMILES string of the molecule is Cc1ccc(C)c(N2N=C(C(=O)N3CCC(c4nc(C)no4)CC3)CCC2=O)c1. The second-order valence-corrected chi connectivity index (χ2v) is 7.79. The van der Waals surface area contributed by atoms with Crippen molar-refractivity contribution in [1.82, 2.24) is 15.0 Å². The number of aromatic nitrogens is 2. The number of carbonyl (C=O) groups excluding carboxylic acids is 2. The lowest BCUT2D eigenvalue weighted by molar-refractivity contribution is -0.125. The Bertz CT molecular complexity index is 972. The Kier molecular flexibility index (Phi) is 5.17. The Balaban J connectivity index is 1.48. The van der Waals surface area contributed by atoms with E-state index in [9.17, 15) is 9.59 Å². The van der Waals surface area contributed by atoms with Gasteiger partial charge in [0, 0.05) is 31.8 Å². The third-order valence-corrected chi connectivity index (χ3v) is 5.55. The van der Waals surface area contributed by atoms with E-state index in [1.165, 1.54) is 5.01 Å². The lowest BCUT2D eigenvalue weighted by Crippen LogP contribution is -2.44. The molecular formula is C21H25N5O3. The Morgan fingerprint density at radius 1 is 1.14 bits per heavy atom. The van der Waals surface area contributed by atoms with Crippen molar-refractivity contribution in [2.75, 3.05) is 18.1 Å². The summed E-state index contributed by atoms with van der Waals surface area (Å²) in [6, 6.07) is 5.90. The van der Waals surface area contributed by atoms with Crippen LogP contribution in [0.5, 0.6) is 0 Å². The molecule has 0 unspecified atom stereocenters. The molecule has 0 radical (unpaired) electrons. The topological polar surface area (TPSA) is 91.9 Å². The van der Waals surface area contributed by atoms with E-state index in [0.717, 1.165) is 29.7 Å². The van der Waals surface area contributed by atoms with Crippen molar-refractivity contribution in [2.45, 2.75) is 52.4 Å². The smallest absolute Gasteiger partial charge is 0.270 e. The van der Waals surface area contributed by atoms with Crippen LogP contribution in [0.4, 0.5) is 5.69 Å². The Labute approximate surface area is 169 Å². The summed E-state index contributed by atoms with van der Waals surface area (Å²) >= 11 is 0. The predicted molar refractivity (Wildman–Crippen MR) is 108 cm³/mol. The van der Waals surface area contributed by atoms with Gasteiger partial charge in [-0.2, -0.15) is 10.1 Å². The highest BCUT2D eigenvalue weighted by Crippen LogP contribution is 2.29. The Morgan fingerprint density at radius 3 is 2.59 bits per heavy atom.